The first-order chi connectivity index (χ1) is 8.61. The molecule has 18 heavy (non-hydrogen) atoms. The molecule has 1 aliphatic heterocycles. The van der Waals surface area contributed by atoms with Gasteiger partial charge in [0.1, 0.15) is 0 Å². The molecule has 0 bridgehead atoms. The standard InChI is InChI=1S/C14H20N4/c1-17(2)14(10-16)6-7-18(11-14)13-5-3-4-12(8-13)9-15/h3-5,8H,6-7,10-11,16H2,1-2H3. The Kier molecular flexibility index (Phi) is 3.55. The van der Waals surface area contributed by atoms with Gasteiger partial charge in [0, 0.05) is 25.3 Å². The second-order valence-electron chi connectivity index (χ2n) is 5.16. The lowest BCUT2D eigenvalue weighted by molar-refractivity contribution is 0.184. The minimum atomic E-state index is 0.0582. The van der Waals surface area contributed by atoms with Crippen LogP contribution in [0.25, 0.3) is 0 Å². The van der Waals surface area contributed by atoms with Gasteiger partial charge >= 0.3 is 0 Å². The van der Waals surface area contributed by atoms with E-state index in [4.69, 9.17) is 11.0 Å². The Bertz CT molecular complexity index is 463. The summed E-state index contributed by atoms with van der Waals surface area (Å²) in [6.45, 7) is 2.57. The first-order valence-corrected chi connectivity index (χ1v) is 6.24. The van der Waals surface area contributed by atoms with E-state index in [9.17, 15) is 0 Å². The summed E-state index contributed by atoms with van der Waals surface area (Å²) >= 11 is 0. The third kappa shape index (κ3) is 2.20. The van der Waals surface area contributed by atoms with Gasteiger partial charge in [0.15, 0.2) is 0 Å². The highest BCUT2D eigenvalue weighted by atomic mass is 15.3. The molecule has 4 nitrogen and oxygen atoms in total. The summed E-state index contributed by atoms with van der Waals surface area (Å²) in [6, 6.07) is 9.96. The number of likely N-dealkylation sites (N-methyl/N-ethyl adjacent to an activating group) is 1. The molecule has 1 aromatic carbocycles. The quantitative estimate of drug-likeness (QED) is 0.862. The molecule has 4 heteroatoms. The average molecular weight is 244 g/mol. The van der Waals surface area contributed by atoms with Crippen molar-refractivity contribution in [2.75, 3.05) is 38.6 Å². The molecule has 2 N–H and O–H groups in total. The van der Waals surface area contributed by atoms with E-state index in [0.29, 0.717) is 12.1 Å². The largest absolute Gasteiger partial charge is 0.370 e. The fourth-order valence-electron chi connectivity index (χ4n) is 2.56. The molecule has 0 spiro atoms. The number of rotatable bonds is 3. The number of nitriles is 1. The Morgan fingerprint density at radius 1 is 1.50 bits per heavy atom. The highest BCUT2D eigenvalue weighted by Crippen LogP contribution is 2.29. The predicted molar refractivity (Wildman–Crippen MR) is 73.5 cm³/mol. The van der Waals surface area contributed by atoms with Crippen molar-refractivity contribution < 1.29 is 0 Å². The van der Waals surface area contributed by atoms with Crippen LogP contribution in [-0.2, 0) is 0 Å². The second kappa shape index (κ2) is 4.97. The van der Waals surface area contributed by atoms with Gasteiger partial charge in [-0.2, -0.15) is 5.26 Å². The molecule has 0 aliphatic carbocycles. The summed E-state index contributed by atoms with van der Waals surface area (Å²) in [5.74, 6) is 0. The average Bonchev–Trinajstić information content (AvgIpc) is 2.84. The van der Waals surface area contributed by atoms with Crippen LogP contribution in [0.4, 0.5) is 5.69 Å². The first-order valence-electron chi connectivity index (χ1n) is 6.24. The minimum Gasteiger partial charge on any atom is -0.370 e. The fraction of sp³-hybridized carbons (Fsp3) is 0.500. The Hall–Kier alpha value is -1.57. The lowest BCUT2D eigenvalue weighted by atomic mass is 9.97. The van der Waals surface area contributed by atoms with Gasteiger partial charge in [-0.25, -0.2) is 0 Å². The molecular weight excluding hydrogens is 224 g/mol. The molecule has 1 aromatic rings. The Morgan fingerprint density at radius 3 is 2.83 bits per heavy atom. The number of hydrogen-bond donors (Lipinski definition) is 1. The van der Waals surface area contributed by atoms with E-state index >= 15 is 0 Å². The maximum absolute atomic E-state index is 8.95. The van der Waals surface area contributed by atoms with Crippen molar-refractivity contribution in [2.24, 2.45) is 5.73 Å². The van der Waals surface area contributed by atoms with Crippen molar-refractivity contribution in [3.05, 3.63) is 29.8 Å². The van der Waals surface area contributed by atoms with Gasteiger partial charge in [-0.15, -0.1) is 0 Å². The van der Waals surface area contributed by atoms with Gasteiger partial charge in [-0.1, -0.05) is 6.07 Å². The molecule has 1 saturated heterocycles. The van der Waals surface area contributed by atoms with E-state index in [0.717, 1.165) is 25.2 Å². The number of nitrogens with two attached hydrogens (primary N) is 1. The minimum absolute atomic E-state index is 0.0582. The summed E-state index contributed by atoms with van der Waals surface area (Å²) in [5.41, 5.74) is 7.83. The zero-order valence-electron chi connectivity index (χ0n) is 11.1. The highest BCUT2D eigenvalue weighted by Gasteiger charge is 2.38. The summed E-state index contributed by atoms with van der Waals surface area (Å²) in [5, 5.41) is 8.95. The third-order valence-electron chi connectivity index (χ3n) is 4.00. The van der Waals surface area contributed by atoms with Crippen molar-refractivity contribution in [3.63, 3.8) is 0 Å². The smallest absolute Gasteiger partial charge is 0.0992 e. The molecule has 1 heterocycles. The topological polar surface area (TPSA) is 56.3 Å². The molecule has 96 valence electrons. The molecule has 0 amide bonds. The van der Waals surface area contributed by atoms with Crippen molar-refractivity contribution in [1.29, 1.82) is 5.26 Å². The van der Waals surface area contributed by atoms with E-state index in [1.807, 2.05) is 18.2 Å². The van der Waals surface area contributed by atoms with Crippen LogP contribution in [-0.4, -0.2) is 44.2 Å². The maximum Gasteiger partial charge on any atom is 0.0992 e. The normalized spacial score (nSPS) is 23.4. The highest BCUT2D eigenvalue weighted by molar-refractivity contribution is 5.53. The summed E-state index contributed by atoms with van der Waals surface area (Å²) < 4.78 is 0. The maximum atomic E-state index is 8.95. The van der Waals surface area contributed by atoms with Gasteiger partial charge < -0.3 is 15.5 Å². The van der Waals surface area contributed by atoms with Crippen molar-refractivity contribution in [3.8, 4) is 6.07 Å². The fourth-order valence-corrected chi connectivity index (χ4v) is 2.56. The van der Waals surface area contributed by atoms with Gasteiger partial charge in [-0.05, 0) is 38.7 Å². The number of benzene rings is 1. The van der Waals surface area contributed by atoms with E-state index in [1.54, 1.807) is 0 Å². The van der Waals surface area contributed by atoms with Crippen molar-refractivity contribution >= 4 is 5.69 Å². The molecule has 0 aromatic heterocycles. The molecule has 1 aliphatic rings. The lowest BCUT2D eigenvalue weighted by Gasteiger charge is -2.35. The predicted octanol–water partition coefficient (Wildman–Crippen LogP) is 1.03. The van der Waals surface area contributed by atoms with E-state index in [1.165, 1.54) is 0 Å². The summed E-state index contributed by atoms with van der Waals surface area (Å²) in [4.78, 5) is 4.54. The monoisotopic (exact) mass is 244 g/mol. The van der Waals surface area contributed by atoms with Crippen LogP contribution < -0.4 is 10.6 Å². The Balaban J connectivity index is 2.20. The van der Waals surface area contributed by atoms with Gasteiger partial charge in [-0.3, -0.25) is 0 Å². The van der Waals surface area contributed by atoms with E-state index < -0.39 is 0 Å². The van der Waals surface area contributed by atoms with Crippen LogP contribution in [0.15, 0.2) is 24.3 Å². The van der Waals surface area contributed by atoms with Crippen LogP contribution in [0.2, 0.25) is 0 Å². The van der Waals surface area contributed by atoms with Crippen molar-refractivity contribution in [1.82, 2.24) is 4.90 Å². The SMILES string of the molecule is CN(C)C1(CN)CCN(c2cccc(C#N)c2)C1. The van der Waals surface area contributed by atoms with Crippen molar-refractivity contribution in [2.45, 2.75) is 12.0 Å². The number of anilines is 1. The molecule has 1 unspecified atom stereocenters. The lowest BCUT2D eigenvalue weighted by Crippen LogP contribution is -2.52. The Morgan fingerprint density at radius 2 is 2.28 bits per heavy atom. The summed E-state index contributed by atoms with van der Waals surface area (Å²) in [6.07, 6.45) is 1.06. The summed E-state index contributed by atoms with van der Waals surface area (Å²) in [7, 11) is 4.17. The molecule has 1 fully saturated rings. The van der Waals surface area contributed by atoms with Gasteiger partial charge in [0.25, 0.3) is 0 Å². The number of nitrogens with zero attached hydrogens (tertiary/aromatic N) is 3. The van der Waals surface area contributed by atoms with Gasteiger partial charge in [0.2, 0.25) is 0 Å². The molecule has 2 rings (SSSR count). The second-order valence-corrected chi connectivity index (χ2v) is 5.16. The first kappa shape index (κ1) is 12.9. The van der Waals surface area contributed by atoms with Crippen LogP contribution in [0.1, 0.15) is 12.0 Å². The van der Waals surface area contributed by atoms with Crippen LogP contribution in [0, 0.1) is 11.3 Å². The number of hydrogen-bond acceptors (Lipinski definition) is 4. The van der Waals surface area contributed by atoms with Gasteiger partial charge in [0.05, 0.1) is 17.2 Å². The Labute approximate surface area is 109 Å². The molecule has 0 saturated carbocycles. The molecule has 0 radical (unpaired) electrons. The van der Waals surface area contributed by atoms with E-state index in [2.05, 4.69) is 36.0 Å². The third-order valence-corrected chi connectivity index (χ3v) is 4.00. The molecule has 1 atom stereocenters. The molecular formula is C14H20N4. The zero-order chi connectivity index (χ0) is 13.2. The van der Waals surface area contributed by atoms with E-state index in [-0.39, 0.29) is 5.54 Å². The van der Waals surface area contributed by atoms with Crippen LogP contribution in [0.5, 0.6) is 0 Å². The zero-order valence-corrected chi connectivity index (χ0v) is 11.1. The van der Waals surface area contributed by atoms with Crippen LogP contribution >= 0.6 is 0 Å². The van der Waals surface area contributed by atoms with Crippen LogP contribution in [0.3, 0.4) is 0 Å².